The van der Waals surface area contributed by atoms with Crippen molar-refractivity contribution in [2.75, 3.05) is 18.5 Å². The lowest BCUT2D eigenvalue weighted by Gasteiger charge is -2.19. The molecule has 0 aromatic heterocycles. The topological polar surface area (TPSA) is 53.1 Å². The van der Waals surface area contributed by atoms with E-state index in [1.807, 2.05) is 0 Å². The highest BCUT2D eigenvalue weighted by molar-refractivity contribution is 5.76. The summed E-state index contributed by atoms with van der Waals surface area (Å²) in [6, 6.07) is 8.70. The maximum atomic E-state index is 7.15. The average Bonchev–Trinajstić information content (AvgIpc) is 2.34. The first-order valence-electron chi connectivity index (χ1n) is 6.26. The molecule has 17 heavy (non-hydrogen) atoms. The zero-order chi connectivity index (χ0) is 12.7. The largest absolute Gasteiger partial charge is 0.388 e. The monoisotopic (exact) mass is 233 g/mol. The second-order valence-electron chi connectivity index (χ2n) is 4.42. The SMILES string of the molecule is CCc1ccc(N(C)CCCCC(=N)N)cc1. The maximum absolute atomic E-state index is 7.15. The Morgan fingerprint density at radius 1 is 1.24 bits per heavy atom. The van der Waals surface area contributed by atoms with Crippen molar-refractivity contribution in [3.8, 4) is 0 Å². The number of hydrogen-bond donors (Lipinski definition) is 2. The minimum Gasteiger partial charge on any atom is -0.388 e. The number of hydrogen-bond acceptors (Lipinski definition) is 2. The first-order valence-corrected chi connectivity index (χ1v) is 6.26. The van der Waals surface area contributed by atoms with Crippen molar-refractivity contribution in [2.45, 2.75) is 32.6 Å². The summed E-state index contributed by atoms with van der Waals surface area (Å²) < 4.78 is 0. The second-order valence-corrected chi connectivity index (χ2v) is 4.42. The Labute approximate surface area is 104 Å². The van der Waals surface area contributed by atoms with Crippen LogP contribution in [0.3, 0.4) is 0 Å². The number of aryl methyl sites for hydroxylation is 1. The van der Waals surface area contributed by atoms with E-state index in [-0.39, 0.29) is 0 Å². The molecule has 0 bridgehead atoms. The van der Waals surface area contributed by atoms with Gasteiger partial charge in [0.05, 0.1) is 5.84 Å². The highest BCUT2D eigenvalue weighted by atomic mass is 15.1. The van der Waals surface area contributed by atoms with Gasteiger partial charge in [-0.3, -0.25) is 5.41 Å². The molecule has 0 unspecified atom stereocenters. The van der Waals surface area contributed by atoms with Gasteiger partial charge in [-0.05, 0) is 37.0 Å². The molecule has 0 fully saturated rings. The molecule has 1 rings (SSSR count). The molecule has 0 aliphatic heterocycles. The number of nitrogens with zero attached hydrogens (tertiary/aromatic N) is 1. The molecule has 0 amide bonds. The smallest absolute Gasteiger partial charge is 0.0905 e. The highest BCUT2D eigenvalue weighted by Crippen LogP contribution is 2.14. The van der Waals surface area contributed by atoms with Gasteiger partial charge in [0.1, 0.15) is 0 Å². The maximum Gasteiger partial charge on any atom is 0.0905 e. The number of amidine groups is 1. The minimum atomic E-state index is 0.292. The molecule has 0 radical (unpaired) electrons. The van der Waals surface area contributed by atoms with Crippen LogP contribution in [0.15, 0.2) is 24.3 Å². The van der Waals surface area contributed by atoms with Crippen LogP contribution in [-0.2, 0) is 6.42 Å². The van der Waals surface area contributed by atoms with E-state index in [0.717, 1.165) is 25.8 Å². The molecule has 0 atom stereocenters. The molecule has 0 heterocycles. The third kappa shape index (κ3) is 4.89. The van der Waals surface area contributed by atoms with Crippen LogP contribution in [-0.4, -0.2) is 19.4 Å². The van der Waals surface area contributed by atoms with Gasteiger partial charge in [-0.1, -0.05) is 19.1 Å². The third-order valence-electron chi connectivity index (χ3n) is 2.98. The van der Waals surface area contributed by atoms with E-state index >= 15 is 0 Å². The van der Waals surface area contributed by atoms with Crippen molar-refractivity contribution in [1.82, 2.24) is 0 Å². The van der Waals surface area contributed by atoms with Gasteiger partial charge in [0, 0.05) is 25.7 Å². The van der Waals surface area contributed by atoms with Gasteiger partial charge in [0.2, 0.25) is 0 Å². The minimum absolute atomic E-state index is 0.292. The summed E-state index contributed by atoms with van der Waals surface area (Å²) in [6.07, 6.45) is 3.86. The number of nitrogens with one attached hydrogen (secondary N) is 1. The van der Waals surface area contributed by atoms with E-state index in [0.29, 0.717) is 12.3 Å². The van der Waals surface area contributed by atoms with Crippen LogP contribution in [0.2, 0.25) is 0 Å². The molecule has 94 valence electrons. The Bertz CT molecular complexity index is 343. The number of nitrogens with two attached hydrogens (primary N) is 1. The third-order valence-corrected chi connectivity index (χ3v) is 2.98. The van der Waals surface area contributed by atoms with E-state index < -0.39 is 0 Å². The van der Waals surface area contributed by atoms with Gasteiger partial charge in [0.15, 0.2) is 0 Å². The van der Waals surface area contributed by atoms with Crippen LogP contribution < -0.4 is 10.6 Å². The van der Waals surface area contributed by atoms with Crippen molar-refractivity contribution in [3.05, 3.63) is 29.8 Å². The summed E-state index contributed by atoms with van der Waals surface area (Å²) in [5.74, 6) is 0.292. The van der Waals surface area contributed by atoms with Gasteiger partial charge in [-0.15, -0.1) is 0 Å². The van der Waals surface area contributed by atoms with Gasteiger partial charge >= 0.3 is 0 Å². The van der Waals surface area contributed by atoms with Crippen LogP contribution in [0.25, 0.3) is 0 Å². The van der Waals surface area contributed by atoms with Gasteiger partial charge < -0.3 is 10.6 Å². The molecule has 1 aromatic carbocycles. The molecule has 0 saturated carbocycles. The Hall–Kier alpha value is -1.51. The number of benzene rings is 1. The van der Waals surface area contributed by atoms with E-state index in [9.17, 15) is 0 Å². The zero-order valence-corrected chi connectivity index (χ0v) is 10.9. The van der Waals surface area contributed by atoms with Crippen molar-refractivity contribution in [3.63, 3.8) is 0 Å². The second kappa shape index (κ2) is 6.94. The molecule has 0 aliphatic rings. The average molecular weight is 233 g/mol. The summed E-state index contributed by atoms with van der Waals surface area (Å²) in [7, 11) is 2.11. The van der Waals surface area contributed by atoms with Gasteiger partial charge in [-0.2, -0.15) is 0 Å². The van der Waals surface area contributed by atoms with Crippen molar-refractivity contribution >= 4 is 11.5 Å². The molecular formula is C14H23N3. The van der Waals surface area contributed by atoms with Gasteiger partial charge in [0.25, 0.3) is 0 Å². The Morgan fingerprint density at radius 3 is 2.41 bits per heavy atom. The van der Waals surface area contributed by atoms with Crippen molar-refractivity contribution in [2.24, 2.45) is 5.73 Å². The summed E-state index contributed by atoms with van der Waals surface area (Å²) in [5.41, 5.74) is 7.95. The lowest BCUT2D eigenvalue weighted by atomic mass is 10.1. The van der Waals surface area contributed by atoms with Crippen LogP contribution in [0.1, 0.15) is 31.7 Å². The van der Waals surface area contributed by atoms with Crippen molar-refractivity contribution < 1.29 is 0 Å². The predicted octanol–water partition coefficient (Wildman–Crippen LogP) is 2.79. The number of anilines is 1. The normalized spacial score (nSPS) is 10.2. The summed E-state index contributed by atoms with van der Waals surface area (Å²) >= 11 is 0. The Morgan fingerprint density at radius 2 is 1.88 bits per heavy atom. The van der Waals surface area contributed by atoms with Crippen LogP contribution in [0, 0.1) is 5.41 Å². The molecule has 0 saturated heterocycles. The fourth-order valence-electron chi connectivity index (χ4n) is 1.78. The predicted molar refractivity (Wildman–Crippen MR) is 74.9 cm³/mol. The first kappa shape index (κ1) is 13.6. The zero-order valence-electron chi connectivity index (χ0n) is 10.9. The fourth-order valence-corrected chi connectivity index (χ4v) is 1.78. The van der Waals surface area contributed by atoms with E-state index in [1.165, 1.54) is 11.3 Å². The fraction of sp³-hybridized carbons (Fsp3) is 0.500. The van der Waals surface area contributed by atoms with E-state index in [4.69, 9.17) is 11.1 Å². The Kier molecular flexibility index (Phi) is 5.53. The first-order chi connectivity index (χ1) is 8.13. The lowest BCUT2D eigenvalue weighted by Crippen LogP contribution is -2.19. The molecule has 1 aromatic rings. The summed E-state index contributed by atoms with van der Waals surface area (Å²) in [5, 5.41) is 7.15. The Balaban J connectivity index is 2.35. The van der Waals surface area contributed by atoms with Crippen LogP contribution >= 0.6 is 0 Å². The molecular weight excluding hydrogens is 210 g/mol. The quantitative estimate of drug-likeness (QED) is 0.432. The summed E-state index contributed by atoms with van der Waals surface area (Å²) in [6.45, 7) is 3.18. The van der Waals surface area contributed by atoms with E-state index in [1.54, 1.807) is 0 Å². The van der Waals surface area contributed by atoms with Crippen molar-refractivity contribution in [1.29, 1.82) is 5.41 Å². The molecule has 0 spiro atoms. The van der Waals surface area contributed by atoms with Crippen LogP contribution in [0.5, 0.6) is 0 Å². The molecule has 3 nitrogen and oxygen atoms in total. The van der Waals surface area contributed by atoms with Crippen LogP contribution in [0.4, 0.5) is 5.69 Å². The highest BCUT2D eigenvalue weighted by Gasteiger charge is 2.00. The van der Waals surface area contributed by atoms with Gasteiger partial charge in [-0.25, -0.2) is 0 Å². The standard InChI is InChI=1S/C14H23N3/c1-3-12-7-9-13(10-8-12)17(2)11-5-4-6-14(15)16/h7-10H,3-6,11H2,1-2H3,(H3,15,16). The number of unbranched alkanes of at least 4 members (excludes halogenated alkanes) is 1. The van der Waals surface area contributed by atoms with E-state index in [2.05, 4.69) is 43.1 Å². The molecule has 3 heteroatoms. The molecule has 3 N–H and O–H groups in total. The lowest BCUT2D eigenvalue weighted by molar-refractivity contribution is 0.738. The summed E-state index contributed by atoms with van der Waals surface area (Å²) in [4.78, 5) is 2.25. The number of rotatable bonds is 7. The molecule has 0 aliphatic carbocycles.